The van der Waals surface area contributed by atoms with Crippen LogP contribution in [0.5, 0.6) is 0 Å². The van der Waals surface area contributed by atoms with Gasteiger partial charge in [0, 0.05) is 33.1 Å². The predicted molar refractivity (Wildman–Crippen MR) is 88.7 cm³/mol. The van der Waals surface area contributed by atoms with Gasteiger partial charge in [-0.2, -0.15) is 15.3 Å². The number of hydrogen-bond acceptors (Lipinski definition) is 7. The van der Waals surface area contributed by atoms with Gasteiger partial charge in [-0.3, -0.25) is 4.79 Å². The molecule has 1 amide bonds. The van der Waals surface area contributed by atoms with Crippen LogP contribution in [-0.4, -0.2) is 52.2 Å². The molecule has 24 heavy (non-hydrogen) atoms. The summed E-state index contributed by atoms with van der Waals surface area (Å²) in [6.45, 7) is 4.20. The van der Waals surface area contributed by atoms with Crippen molar-refractivity contribution in [1.82, 2.24) is 20.1 Å². The second-order valence-electron chi connectivity index (χ2n) is 5.42. The van der Waals surface area contributed by atoms with E-state index in [1.807, 2.05) is 23.1 Å². The highest BCUT2D eigenvalue weighted by Gasteiger charge is 2.21. The number of aromatic nitrogens is 3. The molecule has 2 heterocycles. The molecule has 1 aromatic heterocycles. The van der Waals surface area contributed by atoms with E-state index in [9.17, 15) is 4.79 Å². The molecule has 122 valence electrons. The fourth-order valence-electron chi connectivity index (χ4n) is 2.54. The molecule has 0 radical (unpaired) electrons. The Hall–Kier alpha value is -3.21. The second kappa shape index (κ2) is 6.91. The van der Waals surface area contributed by atoms with E-state index in [0.29, 0.717) is 49.2 Å². The second-order valence-corrected chi connectivity index (χ2v) is 5.42. The molecular weight excluding hydrogens is 306 g/mol. The summed E-state index contributed by atoms with van der Waals surface area (Å²) in [6.07, 6.45) is 1.52. The first-order valence-electron chi connectivity index (χ1n) is 7.63. The van der Waals surface area contributed by atoms with Crippen molar-refractivity contribution < 1.29 is 4.79 Å². The van der Waals surface area contributed by atoms with Crippen LogP contribution in [0.15, 0.2) is 30.5 Å². The first-order valence-corrected chi connectivity index (χ1v) is 7.63. The number of nitriles is 1. The predicted octanol–water partition coefficient (Wildman–Crippen LogP) is 1.16. The fourth-order valence-corrected chi connectivity index (χ4v) is 2.54. The molecule has 0 saturated carbocycles. The summed E-state index contributed by atoms with van der Waals surface area (Å²) in [5, 5.41) is 20.3. The molecule has 1 N–H and O–H groups in total. The minimum Gasteiger partial charge on any atom is -0.339 e. The molecule has 1 saturated heterocycles. The Morgan fingerprint density at radius 2 is 2.00 bits per heavy atom. The molecule has 2 aromatic rings. The molecule has 0 aliphatic carbocycles. The van der Waals surface area contributed by atoms with Crippen LogP contribution in [0.4, 0.5) is 17.5 Å². The van der Waals surface area contributed by atoms with Crippen LogP contribution in [0.1, 0.15) is 12.5 Å². The number of hydrogen-bond donors (Lipinski definition) is 1. The maximum absolute atomic E-state index is 11.4. The SMILES string of the molecule is CC(=O)N1CCN(c2nncc(Nc3ccccc3C#N)n2)CC1. The highest BCUT2D eigenvalue weighted by molar-refractivity contribution is 5.73. The van der Waals surface area contributed by atoms with Crippen molar-refractivity contribution in [2.45, 2.75) is 6.92 Å². The zero-order valence-corrected chi connectivity index (χ0v) is 13.3. The number of carbonyl (C=O) groups is 1. The molecule has 0 spiro atoms. The van der Waals surface area contributed by atoms with E-state index in [-0.39, 0.29) is 5.91 Å². The maximum Gasteiger partial charge on any atom is 0.247 e. The lowest BCUT2D eigenvalue weighted by Gasteiger charge is -2.33. The molecule has 8 heteroatoms. The molecule has 1 fully saturated rings. The third kappa shape index (κ3) is 3.41. The van der Waals surface area contributed by atoms with Crippen molar-refractivity contribution in [3.8, 4) is 6.07 Å². The van der Waals surface area contributed by atoms with Crippen molar-refractivity contribution in [1.29, 1.82) is 5.26 Å². The zero-order valence-electron chi connectivity index (χ0n) is 13.3. The van der Waals surface area contributed by atoms with Gasteiger partial charge in [0.25, 0.3) is 0 Å². The number of amides is 1. The van der Waals surface area contributed by atoms with E-state index >= 15 is 0 Å². The van der Waals surface area contributed by atoms with Crippen molar-refractivity contribution >= 4 is 23.4 Å². The van der Waals surface area contributed by atoms with Crippen LogP contribution in [0, 0.1) is 11.3 Å². The van der Waals surface area contributed by atoms with Gasteiger partial charge < -0.3 is 15.1 Å². The molecule has 1 aromatic carbocycles. The normalized spacial score (nSPS) is 14.2. The maximum atomic E-state index is 11.4. The van der Waals surface area contributed by atoms with Crippen molar-refractivity contribution in [2.75, 3.05) is 36.4 Å². The number of piperazine rings is 1. The van der Waals surface area contributed by atoms with Gasteiger partial charge in [-0.15, -0.1) is 5.10 Å². The van der Waals surface area contributed by atoms with E-state index < -0.39 is 0 Å². The zero-order chi connectivity index (χ0) is 16.9. The van der Waals surface area contributed by atoms with Gasteiger partial charge in [-0.05, 0) is 12.1 Å². The topological polar surface area (TPSA) is 98.0 Å². The fraction of sp³-hybridized carbons (Fsp3) is 0.312. The number of para-hydroxylation sites is 1. The number of rotatable bonds is 3. The molecule has 1 aliphatic rings. The van der Waals surface area contributed by atoms with Crippen molar-refractivity contribution in [3.05, 3.63) is 36.0 Å². The first kappa shape index (κ1) is 15.7. The Bertz CT molecular complexity index is 778. The molecule has 0 bridgehead atoms. The number of nitrogens with one attached hydrogen (secondary N) is 1. The average Bonchev–Trinajstić information content (AvgIpc) is 2.62. The van der Waals surface area contributed by atoms with Gasteiger partial charge in [0.15, 0.2) is 5.82 Å². The molecule has 1 aliphatic heterocycles. The van der Waals surface area contributed by atoms with E-state index in [4.69, 9.17) is 5.26 Å². The standard InChI is InChI=1S/C16H17N7O/c1-12(24)22-6-8-23(9-7-22)16-20-15(11-18-21-16)19-14-5-3-2-4-13(14)10-17/h2-5,11H,6-9H2,1H3,(H,19,20,21). The monoisotopic (exact) mass is 323 g/mol. The quantitative estimate of drug-likeness (QED) is 0.905. The van der Waals surface area contributed by atoms with Gasteiger partial charge >= 0.3 is 0 Å². The Kier molecular flexibility index (Phi) is 4.52. The minimum atomic E-state index is 0.0808. The summed E-state index contributed by atoms with van der Waals surface area (Å²) >= 11 is 0. The lowest BCUT2D eigenvalue weighted by atomic mass is 10.2. The van der Waals surface area contributed by atoms with Gasteiger partial charge in [-0.25, -0.2) is 0 Å². The molecule has 8 nitrogen and oxygen atoms in total. The molecule has 3 rings (SSSR count). The summed E-state index contributed by atoms with van der Waals surface area (Å²) in [5.74, 6) is 1.12. The Balaban J connectivity index is 1.73. The third-order valence-corrected chi connectivity index (χ3v) is 3.87. The largest absolute Gasteiger partial charge is 0.339 e. The van der Waals surface area contributed by atoms with Crippen molar-refractivity contribution in [2.24, 2.45) is 0 Å². The summed E-state index contributed by atoms with van der Waals surface area (Å²) in [4.78, 5) is 19.6. The van der Waals surface area contributed by atoms with Crippen LogP contribution < -0.4 is 10.2 Å². The number of carbonyl (C=O) groups excluding carboxylic acids is 1. The summed E-state index contributed by atoms with van der Waals surface area (Å²) in [7, 11) is 0. The Labute approximate surface area is 139 Å². The third-order valence-electron chi connectivity index (χ3n) is 3.87. The molecule has 0 unspecified atom stereocenters. The minimum absolute atomic E-state index is 0.0808. The number of nitrogens with zero attached hydrogens (tertiary/aromatic N) is 6. The summed E-state index contributed by atoms with van der Waals surface area (Å²) in [5.41, 5.74) is 1.21. The lowest BCUT2D eigenvalue weighted by molar-refractivity contribution is -0.129. The van der Waals surface area contributed by atoms with Gasteiger partial charge in [0.2, 0.25) is 11.9 Å². The van der Waals surface area contributed by atoms with Gasteiger partial charge in [0.05, 0.1) is 17.4 Å². The molecular formula is C16H17N7O. The van der Waals surface area contributed by atoms with Crippen LogP contribution in [0.2, 0.25) is 0 Å². The van der Waals surface area contributed by atoms with E-state index in [0.717, 1.165) is 0 Å². The summed E-state index contributed by atoms with van der Waals surface area (Å²) in [6, 6.07) is 9.34. The van der Waals surface area contributed by atoms with Crippen LogP contribution >= 0.6 is 0 Å². The number of benzene rings is 1. The average molecular weight is 323 g/mol. The van der Waals surface area contributed by atoms with Crippen LogP contribution in [0.3, 0.4) is 0 Å². The lowest BCUT2D eigenvalue weighted by Crippen LogP contribution is -2.48. The van der Waals surface area contributed by atoms with Crippen LogP contribution in [0.25, 0.3) is 0 Å². The summed E-state index contributed by atoms with van der Waals surface area (Å²) < 4.78 is 0. The Morgan fingerprint density at radius 3 is 2.71 bits per heavy atom. The Morgan fingerprint density at radius 1 is 1.25 bits per heavy atom. The smallest absolute Gasteiger partial charge is 0.247 e. The first-order chi connectivity index (χ1) is 11.7. The van der Waals surface area contributed by atoms with Crippen LogP contribution in [-0.2, 0) is 4.79 Å². The van der Waals surface area contributed by atoms with Gasteiger partial charge in [-0.1, -0.05) is 12.1 Å². The van der Waals surface area contributed by atoms with E-state index in [2.05, 4.69) is 26.6 Å². The van der Waals surface area contributed by atoms with Crippen molar-refractivity contribution in [3.63, 3.8) is 0 Å². The highest BCUT2D eigenvalue weighted by Crippen LogP contribution is 2.19. The molecule has 0 atom stereocenters. The van der Waals surface area contributed by atoms with E-state index in [1.54, 1.807) is 17.9 Å². The number of anilines is 3. The van der Waals surface area contributed by atoms with Gasteiger partial charge in [0.1, 0.15) is 6.07 Å². The highest BCUT2D eigenvalue weighted by atomic mass is 16.2. The van der Waals surface area contributed by atoms with E-state index in [1.165, 1.54) is 6.20 Å².